The zero-order valence-corrected chi connectivity index (χ0v) is 37.3. The highest BCUT2D eigenvalue weighted by molar-refractivity contribution is 7.47. The summed E-state index contributed by atoms with van der Waals surface area (Å²) in [6.45, 7) is 4.83. The van der Waals surface area contributed by atoms with Crippen LogP contribution in [0.2, 0.25) is 0 Å². The quantitative estimate of drug-likeness (QED) is 0.0270. The van der Waals surface area contributed by atoms with Crippen LogP contribution in [0.3, 0.4) is 0 Å². The van der Waals surface area contributed by atoms with Gasteiger partial charge in [-0.15, -0.1) is 0 Å². The number of carbonyl (C=O) groups excluding carboxylic acids is 1. The van der Waals surface area contributed by atoms with Gasteiger partial charge in [0.15, 0.2) is 0 Å². The minimum atomic E-state index is -4.28. The van der Waals surface area contributed by atoms with E-state index in [0.717, 1.165) is 70.6 Å². The second-order valence-corrected chi connectivity index (χ2v) is 16.7. The van der Waals surface area contributed by atoms with Gasteiger partial charge < -0.3 is 20.1 Å². The first-order valence-electron chi connectivity index (χ1n) is 23.1. The lowest BCUT2D eigenvalue weighted by atomic mass is 10.0. The van der Waals surface area contributed by atoms with Gasteiger partial charge in [-0.3, -0.25) is 13.8 Å². The van der Waals surface area contributed by atoms with Crippen molar-refractivity contribution in [2.75, 3.05) is 33.0 Å². The topological polar surface area (TPSA) is 117 Å². The van der Waals surface area contributed by atoms with Crippen LogP contribution in [0, 0.1) is 0 Å². The number of phosphoric ester groups is 1. The highest BCUT2D eigenvalue weighted by Crippen LogP contribution is 2.43. The number of carbonyl (C=O) groups is 1. The number of esters is 1. The Hall–Kier alpha value is -1.54. The van der Waals surface area contributed by atoms with E-state index >= 15 is 0 Å². The van der Waals surface area contributed by atoms with Crippen LogP contribution in [0.5, 0.6) is 0 Å². The number of hydrogen-bond donors (Lipinski definition) is 2. The largest absolute Gasteiger partial charge is 0.472 e. The monoisotopic (exact) mass is 810 g/mol. The van der Waals surface area contributed by atoms with Crippen molar-refractivity contribution in [2.45, 2.75) is 213 Å². The molecule has 0 spiro atoms. The first-order valence-corrected chi connectivity index (χ1v) is 24.6. The summed E-state index contributed by atoms with van der Waals surface area (Å²) in [7, 11) is -4.28. The van der Waals surface area contributed by atoms with Crippen LogP contribution >= 0.6 is 7.82 Å². The first-order chi connectivity index (χ1) is 27.4. The number of unbranched alkanes of at least 4 members (excludes halogenated alkanes) is 23. The number of ether oxygens (including phenoxy) is 2. The Morgan fingerprint density at radius 1 is 0.536 bits per heavy atom. The molecule has 2 unspecified atom stereocenters. The molecule has 0 aliphatic heterocycles. The molecule has 0 bridgehead atoms. The van der Waals surface area contributed by atoms with Crippen LogP contribution in [0.15, 0.2) is 48.6 Å². The van der Waals surface area contributed by atoms with Crippen LogP contribution in [0.1, 0.15) is 206 Å². The number of phosphoric acid groups is 1. The standard InChI is InChI=1S/C47H88NO7P/c1-3-5-7-9-11-13-15-17-18-19-20-21-22-23-24-25-26-27-29-31-33-35-37-39-42-52-44-46(45-54-56(50,51)53-43-41-48)55-47(49)40-38-36-34-32-30-28-16-14-12-10-8-6-4-2/h8,10,14-17,19-20,46H,3-7,9,11-13,18,21-45,48H2,1-2H3,(H,50,51)/b10-8-,16-14-,17-15-,20-19-. The predicted octanol–water partition coefficient (Wildman–Crippen LogP) is 14.0. The fourth-order valence-corrected chi connectivity index (χ4v) is 7.07. The smallest absolute Gasteiger partial charge is 0.457 e. The summed E-state index contributed by atoms with van der Waals surface area (Å²) in [6, 6.07) is 0. The lowest BCUT2D eigenvalue weighted by Gasteiger charge is -2.20. The number of hydrogen-bond acceptors (Lipinski definition) is 7. The van der Waals surface area contributed by atoms with Crippen molar-refractivity contribution in [3.63, 3.8) is 0 Å². The maximum atomic E-state index is 12.6. The van der Waals surface area contributed by atoms with Crippen LogP contribution in [0.4, 0.5) is 0 Å². The van der Waals surface area contributed by atoms with E-state index in [4.69, 9.17) is 24.3 Å². The van der Waals surface area contributed by atoms with Gasteiger partial charge >= 0.3 is 13.8 Å². The van der Waals surface area contributed by atoms with E-state index in [1.807, 2.05) is 0 Å². The van der Waals surface area contributed by atoms with Crippen LogP contribution in [-0.4, -0.2) is 49.9 Å². The van der Waals surface area contributed by atoms with Gasteiger partial charge in [0.05, 0.1) is 19.8 Å². The summed E-state index contributed by atoms with van der Waals surface area (Å²) in [5, 5.41) is 0. The maximum absolute atomic E-state index is 12.6. The van der Waals surface area contributed by atoms with Crippen LogP contribution < -0.4 is 5.73 Å². The molecule has 0 heterocycles. The fraction of sp³-hybridized carbons (Fsp3) is 0.809. The number of allylic oxidation sites excluding steroid dienone is 8. The van der Waals surface area contributed by atoms with E-state index in [1.54, 1.807) is 0 Å². The van der Waals surface area contributed by atoms with E-state index in [1.165, 1.54) is 116 Å². The van der Waals surface area contributed by atoms with Crippen LogP contribution in [0.25, 0.3) is 0 Å². The molecule has 0 aliphatic carbocycles. The van der Waals surface area contributed by atoms with E-state index in [-0.39, 0.29) is 32.3 Å². The van der Waals surface area contributed by atoms with Crippen LogP contribution in [-0.2, 0) is 27.9 Å². The summed E-state index contributed by atoms with van der Waals surface area (Å²) in [5.41, 5.74) is 5.37. The number of rotatable bonds is 44. The lowest BCUT2D eigenvalue weighted by molar-refractivity contribution is -0.154. The molecule has 0 rings (SSSR count). The van der Waals surface area contributed by atoms with Gasteiger partial charge in [-0.1, -0.05) is 178 Å². The van der Waals surface area contributed by atoms with Crippen molar-refractivity contribution in [1.29, 1.82) is 0 Å². The molecule has 2 atom stereocenters. The van der Waals surface area contributed by atoms with Crippen molar-refractivity contribution in [3.05, 3.63) is 48.6 Å². The van der Waals surface area contributed by atoms with Crippen molar-refractivity contribution in [1.82, 2.24) is 0 Å². The summed E-state index contributed by atoms with van der Waals surface area (Å²) >= 11 is 0. The summed E-state index contributed by atoms with van der Waals surface area (Å²) in [6.07, 6.45) is 52.8. The first kappa shape index (κ1) is 54.5. The third-order valence-electron chi connectivity index (χ3n) is 9.70. The molecule has 0 saturated carbocycles. The Bertz CT molecular complexity index is 999. The minimum Gasteiger partial charge on any atom is -0.457 e. The van der Waals surface area contributed by atoms with Crippen molar-refractivity contribution in [3.8, 4) is 0 Å². The highest BCUT2D eigenvalue weighted by Gasteiger charge is 2.25. The second kappa shape index (κ2) is 44.6. The highest BCUT2D eigenvalue weighted by atomic mass is 31.2. The van der Waals surface area contributed by atoms with Crippen molar-refractivity contribution in [2.24, 2.45) is 5.73 Å². The van der Waals surface area contributed by atoms with Gasteiger partial charge in [0.25, 0.3) is 0 Å². The molecular weight excluding hydrogens is 721 g/mol. The maximum Gasteiger partial charge on any atom is 0.472 e. The molecule has 0 saturated heterocycles. The van der Waals surface area contributed by atoms with E-state index in [9.17, 15) is 14.3 Å². The zero-order valence-electron chi connectivity index (χ0n) is 36.4. The van der Waals surface area contributed by atoms with Gasteiger partial charge in [-0.25, -0.2) is 4.57 Å². The Morgan fingerprint density at radius 2 is 0.982 bits per heavy atom. The molecule has 3 N–H and O–H groups in total. The second-order valence-electron chi connectivity index (χ2n) is 15.3. The predicted molar refractivity (Wildman–Crippen MR) is 238 cm³/mol. The van der Waals surface area contributed by atoms with Crippen molar-refractivity contribution >= 4 is 13.8 Å². The normalized spacial score (nSPS) is 13.9. The average molecular weight is 810 g/mol. The lowest BCUT2D eigenvalue weighted by Crippen LogP contribution is -2.28. The third kappa shape index (κ3) is 43.6. The minimum absolute atomic E-state index is 0.0967. The SMILES string of the molecule is CCC/C=C\C/C=C\CCCCCCCC(=O)OC(COCCCCCCCCCCCCCC/C=C\C/C=C\CCCCCCC)COP(=O)(O)OCCN. The van der Waals surface area contributed by atoms with Gasteiger partial charge in [-0.2, -0.15) is 0 Å². The molecule has 0 amide bonds. The summed E-state index contributed by atoms with van der Waals surface area (Å²) < 4.78 is 33.4. The molecule has 9 heteroatoms. The molecule has 0 radical (unpaired) electrons. The Kier molecular flexibility index (Phi) is 43.3. The summed E-state index contributed by atoms with van der Waals surface area (Å²) in [5.74, 6) is -0.345. The van der Waals surface area contributed by atoms with E-state index < -0.39 is 13.9 Å². The molecular formula is C47H88NO7P. The Balaban J connectivity index is 3.94. The molecule has 0 fully saturated rings. The average Bonchev–Trinajstić information content (AvgIpc) is 3.19. The molecule has 0 aromatic carbocycles. The molecule has 328 valence electrons. The fourth-order valence-electron chi connectivity index (χ4n) is 6.30. The molecule has 0 aromatic rings. The van der Waals surface area contributed by atoms with Crippen molar-refractivity contribution < 1.29 is 32.8 Å². The molecule has 0 aliphatic rings. The van der Waals surface area contributed by atoms with Gasteiger partial charge in [-0.05, 0) is 70.6 Å². The van der Waals surface area contributed by atoms with Gasteiger partial charge in [0.2, 0.25) is 0 Å². The van der Waals surface area contributed by atoms with Gasteiger partial charge in [0.1, 0.15) is 6.10 Å². The van der Waals surface area contributed by atoms with E-state index in [0.29, 0.717) is 13.0 Å². The van der Waals surface area contributed by atoms with E-state index in [2.05, 4.69) is 62.5 Å². The molecule has 0 aromatic heterocycles. The number of nitrogens with two attached hydrogens (primary N) is 1. The summed E-state index contributed by atoms with van der Waals surface area (Å²) in [4.78, 5) is 22.5. The Morgan fingerprint density at radius 3 is 1.46 bits per heavy atom. The molecule has 8 nitrogen and oxygen atoms in total. The zero-order chi connectivity index (χ0) is 40.9. The van der Waals surface area contributed by atoms with Gasteiger partial charge in [0, 0.05) is 19.6 Å². The third-order valence-corrected chi connectivity index (χ3v) is 10.7. The Labute approximate surface area is 345 Å². The molecule has 56 heavy (non-hydrogen) atoms.